The summed E-state index contributed by atoms with van der Waals surface area (Å²) in [6.07, 6.45) is 0.411. The molecule has 0 aliphatic carbocycles. The summed E-state index contributed by atoms with van der Waals surface area (Å²) in [6.45, 7) is 8.29. The minimum Gasteiger partial charge on any atom is -0.481 e. The van der Waals surface area contributed by atoms with E-state index in [1.807, 2.05) is 6.92 Å². The number of aliphatic carboxylic acids is 1. The molecule has 2 N–H and O–H groups in total. The Labute approximate surface area is 114 Å². The van der Waals surface area contributed by atoms with Crippen molar-refractivity contribution in [1.82, 2.24) is 5.32 Å². The number of ether oxygens (including phenoxy) is 2. The number of carboxylic acid groups (broad SMARTS) is 1. The molecular weight excluding hydrogens is 250 g/mol. The molecule has 0 aromatic rings. The average molecular weight is 275 g/mol. The van der Waals surface area contributed by atoms with Crippen LogP contribution in [0.1, 0.15) is 47.0 Å². The average Bonchev–Trinajstić information content (AvgIpc) is 2.23. The lowest BCUT2D eigenvalue weighted by Gasteiger charge is -2.23. The van der Waals surface area contributed by atoms with Crippen LogP contribution in [0.25, 0.3) is 0 Å². The maximum Gasteiger partial charge on any atom is 0.407 e. The molecule has 0 aliphatic rings. The van der Waals surface area contributed by atoms with E-state index < -0.39 is 17.7 Å². The van der Waals surface area contributed by atoms with E-state index in [0.717, 1.165) is 0 Å². The summed E-state index contributed by atoms with van der Waals surface area (Å²) in [6, 6.07) is -0.252. The fraction of sp³-hybridized carbons (Fsp3) is 0.846. The third kappa shape index (κ3) is 11.5. The van der Waals surface area contributed by atoms with Gasteiger partial charge in [0.25, 0.3) is 0 Å². The minimum atomic E-state index is -0.882. The monoisotopic (exact) mass is 275 g/mol. The van der Waals surface area contributed by atoms with Gasteiger partial charge in [-0.05, 0) is 40.5 Å². The van der Waals surface area contributed by atoms with Crippen molar-refractivity contribution in [2.45, 2.75) is 58.6 Å². The zero-order chi connectivity index (χ0) is 14.9. The Kier molecular flexibility index (Phi) is 8.14. The molecule has 0 fully saturated rings. The molecule has 0 aromatic heterocycles. The van der Waals surface area contributed by atoms with E-state index in [-0.39, 0.29) is 12.5 Å². The van der Waals surface area contributed by atoms with Crippen molar-refractivity contribution in [2.24, 2.45) is 0 Å². The van der Waals surface area contributed by atoms with Crippen LogP contribution in [-0.4, -0.2) is 42.0 Å². The molecule has 0 heterocycles. The second-order valence-electron chi connectivity index (χ2n) is 5.26. The predicted molar refractivity (Wildman–Crippen MR) is 71.1 cm³/mol. The quantitative estimate of drug-likeness (QED) is 0.663. The molecule has 0 rings (SSSR count). The van der Waals surface area contributed by atoms with E-state index in [1.165, 1.54) is 0 Å². The zero-order valence-corrected chi connectivity index (χ0v) is 12.2. The minimum absolute atomic E-state index is 0.00654. The lowest BCUT2D eigenvalue weighted by molar-refractivity contribution is -0.137. The van der Waals surface area contributed by atoms with Crippen molar-refractivity contribution in [3.63, 3.8) is 0 Å². The molecule has 1 atom stereocenters. The summed E-state index contributed by atoms with van der Waals surface area (Å²) < 4.78 is 10.4. The summed E-state index contributed by atoms with van der Waals surface area (Å²) in [5.74, 6) is -0.882. The van der Waals surface area contributed by atoms with Crippen molar-refractivity contribution >= 4 is 12.1 Å². The Balaban J connectivity index is 4.22. The molecule has 0 spiro atoms. The fourth-order valence-electron chi connectivity index (χ4n) is 1.43. The molecule has 0 unspecified atom stereocenters. The number of hydrogen-bond acceptors (Lipinski definition) is 4. The van der Waals surface area contributed by atoms with Gasteiger partial charge in [0.2, 0.25) is 0 Å². The third-order valence-electron chi connectivity index (χ3n) is 2.24. The number of nitrogens with one attached hydrogen (secondary N) is 1. The fourth-order valence-corrected chi connectivity index (χ4v) is 1.43. The van der Waals surface area contributed by atoms with E-state index in [9.17, 15) is 9.59 Å². The number of rotatable bonds is 8. The Bertz CT molecular complexity index is 285. The lowest BCUT2D eigenvalue weighted by atomic mass is 10.1. The summed E-state index contributed by atoms with van der Waals surface area (Å²) in [4.78, 5) is 22.2. The number of carboxylic acids is 1. The molecule has 0 bridgehead atoms. The van der Waals surface area contributed by atoms with E-state index in [1.54, 1.807) is 20.8 Å². The lowest BCUT2D eigenvalue weighted by Crippen LogP contribution is -2.40. The summed E-state index contributed by atoms with van der Waals surface area (Å²) >= 11 is 0. The van der Waals surface area contributed by atoms with Gasteiger partial charge in [-0.15, -0.1) is 0 Å². The molecule has 0 aliphatic heterocycles. The van der Waals surface area contributed by atoms with Crippen LogP contribution in [0.3, 0.4) is 0 Å². The summed E-state index contributed by atoms with van der Waals surface area (Å²) in [5, 5.41) is 11.4. The van der Waals surface area contributed by atoms with Gasteiger partial charge >= 0.3 is 12.1 Å². The third-order valence-corrected chi connectivity index (χ3v) is 2.24. The molecule has 1 amide bonds. The van der Waals surface area contributed by atoms with Crippen LogP contribution in [0.2, 0.25) is 0 Å². The first-order valence-electron chi connectivity index (χ1n) is 6.53. The molecule has 0 saturated carbocycles. The van der Waals surface area contributed by atoms with Crippen molar-refractivity contribution in [1.29, 1.82) is 0 Å². The largest absolute Gasteiger partial charge is 0.481 e. The van der Waals surface area contributed by atoms with Gasteiger partial charge in [-0.1, -0.05) is 0 Å². The molecule has 0 aromatic carbocycles. The van der Waals surface area contributed by atoms with Gasteiger partial charge in [-0.25, -0.2) is 4.79 Å². The maximum absolute atomic E-state index is 11.6. The first-order chi connectivity index (χ1) is 8.74. The van der Waals surface area contributed by atoms with Crippen LogP contribution in [0.4, 0.5) is 4.79 Å². The van der Waals surface area contributed by atoms with Crippen molar-refractivity contribution in [3.05, 3.63) is 0 Å². The first-order valence-corrected chi connectivity index (χ1v) is 6.53. The van der Waals surface area contributed by atoms with Crippen LogP contribution in [-0.2, 0) is 14.3 Å². The van der Waals surface area contributed by atoms with Crippen LogP contribution in [0, 0.1) is 0 Å². The standard InChI is InChI=1S/C13H25NO5/c1-5-18-9-8-10(6-7-11(15)16)14-12(17)19-13(2,3)4/h10H,5-9H2,1-4H3,(H,14,17)(H,15,16)/t10-/m0/s1. The second-order valence-corrected chi connectivity index (χ2v) is 5.26. The van der Waals surface area contributed by atoms with E-state index in [4.69, 9.17) is 14.6 Å². The Hall–Kier alpha value is -1.30. The van der Waals surface area contributed by atoms with Crippen LogP contribution < -0.4 is 5.32 Å². The van der Waals surface area contributed by atoms with Gasteiger partial charge in [0.15, 0.2) is 0 Å². The van der Waals surface area contributed by atoms with Crippen molar-refractivity contribution in [2.75, 3.05) is 13.2 Å². The number of amides is 1. The summed E-state index contributed by atoms with van der Waals surface area (Å²) in [7, 11) is 0. The number of alkyl carbamates (subject to hydrolysis) is 1. The summed E-state index contributed by atoms with van der Waals surface area (Å²) in [5.41, 5.74) is -0.568. The Morgan fingerprint density at radius 3 is 2.37 bits per heavy atom. The van der Waals surface area contributed by atoms with E-state index in [0.29, 0.717) is 26.1 Å². The van der Waals surface area contributed by atoms with Crippen LogP contribution in [0.15, 0.2) is 0 Å². The molecule has 19 heavy (non-hydrogen) atoms. The van der Waals surface area contributed by atoms with Gasteiger partial charge in [0.1, 0.15) is 5.60 Å². The highest BCUT2D eigenvalue weighted by molar-refractivity contribution is 5.69. The highest BCUT2D eigenvalue weighted by Gasteiger charge is 2.19. The highest BCUT2D eigenvalue weighted by Crippen LogP contribution is 2.09. The van der Waals surface area contributed by atoms with E-state index >= 15 is 0 Å². The molecule has 6 heteroatoms. The maximum atomic E-state index is 11.6. The SMILES string of the molecule is CCOCC[C@H](CCC(=O)O)NC(=O)OC(C)(C)C. The smallest absolute Gasteiger partial charge is 0.407 e. The molecular formula is C13H25NO5. The van der Waals surface area contributed by atoms with Gasteiger partial charge in [-0.2, -0.15) is 0 Å². The van der Waals surface area contributed by atoms with Gasteiger partial charge in [-0.3, -0.25) is 4.79 Å². The Morgan fingerprint density at radius 1 is 1.26 bits per heavy atom. The Morgan fingerprint density at radius 2 is 1.89 bits per heavy atom. The number of hydrogen-bond donors (Lipinski definition) is 2. The van der Waals surface area contributed by atoms with Crippen molar-refractivity contribution in [3.8, 4) is 0 Å². The van der Waals surface area contributed by atoms with Crippen LogP contribution >= 0.6 is 0 Å². The van der Waals surface area contributed by atoms with Gasteiger partial charge in [0.05, 0.1) is 0 Å². The topological polar surface area (TPSA) is 84.9 Å². The van der Waals surface area contributed by atoms with Gasteiger partial charge < -0.3 is 19.9 Å². The second kappa shape index (κ2) is 8.74. The number of carbonyl (C=O) groups is 2. The normalized spacial score (nSPS) is 12.8. The van der Waals surface area contributed by atoms with Gasteiger partial charge in [0, 0.05) is 25.7 Å². The first kappa shape index (κ1) is 17.7. The zero-order valence-electron chi connectivity index (χ0n) is 12.2. The van der Waals surface area contributed by atoms with E-state index in [2.05, 4.69) is 5.32 Å². The molecule has 0 radical (unpaired) electrons. The molecule has 6 nitrogen and oxygen atoms in total. The highest BCUT2D eigenvalue weighted by atomic mass is 16.6. The predicted octanol–water partition coefficient (Wildman–Crippen LogP) is 2.17. The van der Waals surface area contributed by atoms with Crippen molar-refractivity contribution < 1.29 is 24.2 Å². The number of carbonyl (C=O) groups excluding carboxylic acids is 1. The van der Waals surface area contributed by atoms with Crippen LogP contribution in [0.5, 0.6) is 0 Å². The molecule has 112 valence electrons. The molecule has 0 saturated heterocycles.